The highest BCUT2D eigenvalue weighted by atomic mass is 79.9. The minimum atomic E-state index is 0.797. The summed E-state index contributed by atoms with van der Waals surface area (Å²) in [4.78, 5) is 8.70. The molecule has 2 heterocycles. The van der Waals surface area contributed by atoms with E-state index in [0.717, 1.165) is 48.2 Å². The second-order valence-corrected chi connectivity index (χ2v) is 5.68. The van der Waals surface area contributed by atoms with Gasteiger partial charge < -0.3 is 14.5 Å². The summed E-state index contributed by atoms with van der Waals surface area (Å²) in [6, 6.07) is 0. The normalized spacial score (nSPS) is 15.0. The van der Waals surface area contributed by atoms with E-state index in [4.69, 9.17) is 4.74 Å². The Labute approximate surface area is 120 Å². The molecule has 0 aromatic carbocycles. The first-order valence-corrected chi connectivity index (χ1v) is 7.43. The van der Waals surface area contributed by atoms with Gasteiger partial charge in [-0.15, -0.1) is 0 Å². The fourth-order valence-corrected chi connectivity index (χ4v) is 2.33. The van der Waals surface area contributed by atoms with E-state index in [9.17, 15) is 0 Å². The molecular weight excluding hydrogens is 308 g/mol. The van der Waals surface area contributed by atoms with Gasteiger partial charge in [0.1, 0.15) is 4.60 Å². The van der Waals surface area contributed by atoms with Gasteiger partial charge in [0.05, 0.1) is 0 Å². The molecule has 1 N–H and O–H groups in total. The van der Waals surface area contributed by atoms with E-state index in [-0.39, 0.29) is 0 Å². The van der Waals surface area contributed by atoms with Gasteiger partial charge >= 0.3 is 0 Å². The van der Waals surface area contributed by atoms with E-state index < -0.39 is 0 Å². The molecule has 6 heteroatoms. The maximum Gasteiger partial charge on any atom is 0.180 e. The Morgan fingerprint density at radius 3 is 3.21 bits per heavy atom. The van der Waals surface area contributed by atoms with Crippen LogP contribution in [-0.2, 0) is 4.74 Å². The minimum absolute atomic E-state index is 0.797. The fraction of sp³-hybridized carbons (Fsp3) is 0.538. The molecule has 0 radical (unpaired) electrons. The zero-order valence-corrected chi connectivity index (χ0v) is 12.3. The number of fused-ring (bicyclic) bond motifs is 1. The van der Waals surface area contributed by atoms with Crippen molar-refractivity contribution in [3.8, 4) is 0 Å². The van der Waals surface area contributed by atoms with Gasteiger partial charge in [0.25, 0.3) is 0 Å². The average molecular weight is 325 g/mol. The van der Waals surface area contributed by atoms with Crippen LogP contribution >= 0.6 is 15.9 Å². The van der Waals surface area contributed by atoms with Gasteiger partial charge in [0.2, 0.25) is 0 Å². The Hall–Kier alpha value is -1.14. The van der Waals surface area contributed by atoms with Crippen LogP contribution in [0.3, 0.4) is 0 Å². The fourth-order valence-electron chi connectivity index (χ4n) is 1.94. The van der Waals surface area contributed by atoms with E-state index >= 15 is 0 Å². The first-order valence-electron chi connectivity index (χ1n) is 6.64. The molecule has 5 nitrogen and oxygen atoms in total. The molecule has 1 saturated carbocycles. The number of anilines is 1. The molecule has 0 bridgehead atoms. The molecule has 2 aromatic heterocycles. The number of hydrogen-bond acceptors (Lipinski definition) is 4. The Morgan fingerprint density at radius 1 is 1.47 bits per heavy atom. The first kappa shape index (κ1) is 12.9. The second-order valence-electron chi connectivity index (χ2n) is 4.87. The highest BCUT2D eigenvalue weighted by molar-refractivity contribution is 9.10. The first-order chi connectivity index (χ1) is 9.33. The third-order valence-corrected chi connectivity index (χ3v) is 3.54. The van der Waals surface area contributed by atoms with Crippen LogP contribution in [-0.4, -0.2) is 34.1 Å². The topological polar surface area (TPSA) is 51.5 Å². The summed E-state index contributed by atoms with van der Waals surface area (Å²) in [5.41, 5.74) is 0.849. The summed E-state index contributed by atoms with van der Waals surface area (Å²) < 4.78 is 8.35. The van der Waals surface area contributed by atoms with Gasteiger partial charge in [-0.1, -0.05) is 0 Å². The smallest absolute Gasteiger partial charge is 0.180 e. The molecule has 102 valence electrons. The second kappa shape index (κ2) is 5.88. The van der Waals surface area contributed by atoms with Gasteiger partial charge in [-0.2, -0.15) is 0 Å². The van der Waals surface area contributed by atoms with Gasteiger partial charge in [0.15, 0.2) is 11.5 Å². The maximum absolute atomic E-state index is 5.60. The highest BCUT2D eigenvalue weighted by Gasteiger charge is 2.20. The Balaban J connectivity index is 1.48. The zero-order chi connectivity index (χ0) is 13.1. The monoisotopic (exact) mass is 324 g/mol. The third kappa shape index (κ3) is 3.45. The number of hydrogen-bond donors (Lipinski definition) is 1. The molecule has 0 spiro atoms. The van der Waals surface area contributed by atoms with E-state index in [0.29, 0.717) is 0 Å². The van der Waals surface area contributed by atoms with E-state index in [2.05, 4.69) is 31.2 Å². The van der Waals surface area contributed by atoms with Crippen LogP contribution < -0.4 is 5.32 Å². The number of halogens is 1. The lowest BCUT2D eigenvalue weighted by Crippen LogP contribution is -2.09. The van der Waals surface area contributed by atoms with Crippen molar-refractivity contribution < 1.29 is 4.74 Å². The number of imidazole rings is 1. The number of rotatable bonds is 7. The Kier molecular flexibility index (Phi) is 3.98. The summed E-state index contributed by atoms with van der Waals surface area (Å²) in [5, 5.41) is 3.31. The molecule has 0 amide bonds. The standard InChI is InChI=1S/C13H17BrN4O/c14-11-8-18-6-5-16-13(18)12(17-11)15-4-1-7-19-9-10-2-3-10/h5-6,8,10H,1-4,7,9H2,(H,15,17). The Bertz CT molecular complexity index is 553. The molecule has 1 aliphatic carbocycles. The molecule has 0 aliphatic heterocycles. The predicted molar refractivity (Wildman–Crippen MR) is 77.3 cm³/mol. The third-order valence-electron chi connectivity index (χ3n) is 3.15. The summed E-state index contributed by atoms with van der Waals surface area (Å²) in [5.74, 6) is 1.64. The van der Waals surface area contributed by atoms with Gasteiger partial charge in [0, 0.05) is 38.3 Å². The summed E-state index contributed by atoms with van der Waals surface area (Å²) in [7, 11) is 0. The van der Waals surface area contributed by atoms with Crippen LogP contribution in [0.4, 0.5) is 5.82 Å². The van der Waals surface area contributed by atoms with Crippen LogP contribution in [0.1, 0.15) is 19.3 Å². The summed E-state index contributed by atoms with van der Waals surface area (Å²) in [6.07, 6.45) is 9.25. The van der Waals surface area contributed by atoms with E-state index in [1.165, 1.54) is 12.8 Å². The average Bonchev–Trinajstić information content (AvgIpc) is 3.09. The van der Waals surface area contributed by atoms with Crippen molar-refractivity contribution in [2.75, 3.05) is 25.1 Å². The van der Waals surface area contributed by atoms with Crippen LogP contribution in [0.5, 0.6) is 0 Å². The van der Waals surface area contributed by atoms with Gasteiger partial charge in [-0.3, -0.25) is 0 Å². The van der Waals surface area contributed by atoms with Crippen molar-refractivity contribution >= 4 is 27.4 Å². The van der Waals surface area contributed by atoms with E-state index in [1.807, 2.05) is 16.8 Å². The maximum atomic E-state index is 5.60. The molecule has 19 heavy (non-hydrogen) atoms. The SMILES string of the molecule is Brc1cn2ccnc2c(NCCCOCC2CC2)n1. The van der Waals surface area contributed by atoms with Crippen LogP contribution in [0.2, 0.25) is 0 Å². The van der Waals surface area contributed by atoms with Crippen molar-refractivity contribution in [2.24, 2.45) is 5.92 Å². The summed E-state index contributed by atoms with van der Waals surface area (Å²) in [6.45, 7) is 2.58. The molecule has 0 unspecified atom stereocenters. The van der Waals surface area contributed by atoms with Crippen molar-refractivity contribution in [1.29, 1.82) is 0 Å². The number of nitrogens with zero attached hydrogens (tertiary/aromatic N) is 3. The quantitative estimate of drug-likeness (QED) is 0.795. The number of nitrogens with one attached hydrogen (secondary N) is 1. The molecule has 0 saturated heterocycles. The van der Waals surface area contributed by atoms with Crippen molar-refractivity contribution in [1.82, 2.24) is 14.4 Å². The zero-order valence-electron chi connectivity index (χ0n) is 10.7. The molecule has 1 aliphatic rings. The van der Waals surface area contributed by atoms with Crippen LogP contribution in [0.25, 0.3) is 5.65 Å². The molecule has 1 fully saturated rings. The minimum Gasteiger partial charge on any atom is -0.381 e. The lowest BCUT2D eigenvalue weighted by atomic mass is 10.4. The van der Waals surface area contributed by atoms with E-state index in [1.54, 1.807) is 6.20 Å². The van der Waals surface area contributed by atoms with Crippen LogP contribution in [0, 0.1) is 5.92 Å². The predicted octanol–water partition coefficient (Wildman–Crippen LogP) is 2.72. The lowest BCUT2D eigenvalue weighted by Gasteiger charge is -2.08. The molecular formula is C13H17BrN4O. The van der Waals surface area contributed by atoms with Gasteiger partial charge in [-0.05, 0) is 41.1 Å². The Morgan fingerprint density at radius 2 is 2.37 bits per heavy atom. The van der Waals surface area contributed by atoms with Gasteiger partial charge in [-0.25, -0.2) is 9.97 Å². The molecule has 2 aromatic rings. The number of ether oxygens (including phenoxy) is 1. The van der Waals surface area contributed by atoms with Crippen molar-refractivity contribution in [3.63, 3.8) is 0 Å². The molecule has 3 rings (SSSR count). The number of aromatic nitrogens is 3. The van der Waals surface area contributed by atoms with Crippen LogP contribution in [0.15, 0.2) is 23.2 Å². The lowest BCUT2D eigenvalue weighted by molar-refractivity contribution is 0.124. The largest absolute Gasteiger partial charge is 0.381 e. The molecule has 0 atom stereocenters. The van der Waals surface area contributed by atoms with Crippen molar-refractivity contribution in [2.45, 2.75) is 19.3 Å². The van der Waals surface area contributed by atoms with Crippen molar-refractivity contribution in [3.05, 3.63) is 23.2 Å². The summed E-state index contributed by atoms with van der Waals surface area (Å²) >= 11 is 3.40. The highest BCUT2D eigenvalue weighted by Crippen LogP contribution is 2.28.